The zero-order valence-corrected chi connectivity index (χ0v) is 19.4. The first-order chi connectivity index (χ1) is 16.4. The number of hydrogen-bond donors (Lipinski definition) is 1. The number of fused-ring (bicyclic) bond motifs is 1. The molecule has 0 aromatic heterocycles. The quantitative estimate of drug-likeness (QED) is 0.246. The van der Waals surface area contributed by atoms with Gasteiger partial charge in [-0.2, -0.15) is 0 Å². The van der Waals surface area contributed by atoms with Crippen LogP contribution in [0, 0.1) is 10.1 Å². The first-order valence-electron chi connectivity index (χ1n) is 11.6. The number of aryl methyl sites for hydroxylation is 1. The van der Waals surface area contributed by atoms with Crippen molar-refractivity contribution in [2.75, 3.05) is 26.2 Å². The Labute approximate surface area is 196 Å². The minimum absolute atomic E-state index is 0.0997. The highest BCUT2D eigenvalue weighted by molar-refractivity contribution is 7.54. The lowest BCUT2D eigenvalue weighted by atomic mass is 10.1. The fraction of sp³-hybridized carbons (Fsp3) is 0.435. The Balaban J connectivity index is 1.25. The Kier molecular flexibility index (Phi) is 5.22. The number of nitro benzene ring substituents is 1. The van der Waals surface area contributed by atoms with E-state index in [-0.39, 0.29) is 23.4 Å². The van der Waals surface area contributed by atoms with Crippen molar-refractivity contribution in [2.45, 2.75) is 37.8 Å². The van der Waals surface area contributed by atoms with Gasteiger partial charge in [0.1, 0.15) is 5.75 Å². The van der Waals surface area contributed by atoms with Crippen LogP contribution in [-0.2, 0) is 15.5 Å². The third kappa shape index (κ3) is 4.22. The number of rotatable bonds is 9. The van der Waals surface area contributed by atoms with Crippen molar-refractivity contribution in [3.63, 3.8) is 0 Å². The second kappa shape index (κ2) is 8.16. The molecule has 11 heteroatoms. The van der Waals surface area contributed by atoms with Gasteiger partial charge >= 0.3 is 13.4 Å². The Bertz CT molecular complexity index is 1190. The molecule has 0 radical (unpaired) electrons. The number of nitrogens with zero attached hydrogens (tertiary/aromatic N) is 3. The van der Waals surface area contributed by atoms with E-state index >= 15 is 0 Å². The number of amides is 1. The maximum absolute atomic E-state index is 13.5. The molecule has 2 saturated heterocycles. The highest BCUT2D eigenvalue weighted by atomic mass is 31.2. The van der Waals surface area contributed by atoms with Crippen molar-refractivity contribution in [3.8, 4) is 11.5 Å². The second-order valence-corrected chi connectivity index (χ2v) is 11.5. The monoisotopic (exact) mass is 484 g/mol. The van der Waals surface area contributed by atoms with Gasteiger partial charge in [0.05, 0.1) is 11.0 Å². The van der Waals surface area contributed by atoms with Gasteiger partial charge in [-0.15, -0.1) is 0 Å². The molecule has 0 bridgehead atoms. The van der Waals surface area contributed by atoms with E-state index in [1.54, 1.807) is 30.3 Å². The maximum atomic E-state index is 13.5. The largest absolute Gasteiger partial charge is 0.450 e. The number of ether oxygens (including phenoxy) is 1. The molecule has 2 aliphatic carbocycles. The second-order valence-electron chi connectivity index (χ2n) is 9.18. The Morgan fingerprint density at radius 1 is 1.06 bits per heavy atom. The molecule has 2 heterocycles. The molecule has 6 rings (SSSR count). The molecule has 2 aromatic carbocycles. The molecular formula is C23H25N4O6P. The highest BCUT2D eigenvalue weighted by Crippen LogP contribution is 2.64. The number of carbonyl (C=O) groups is 1. The van der Waals surface area contributed by atoms with Crippen LogP contribution in [0.4, 0.5) is 5.69 Å². The zero-order valence-electron chi connectivity index (χ0n) is 18.5. The summed E-state index contributed by atoms with van der Waals surface area (Å²) in [5.41, 5.74) is 1.98. The molecule has 1 atom stereocenters. The lowest BCUT2D eigenvalue weighted by molar-refractivity contribution is -0.385. The fourth-order valence-corrected chi connectivity index (χ4v) is 6.65. The van der Waals surface area contributed by atoms with Crippen molar-refractivity contribution in [1.29, 1.82) is 0 Å². The lowest BCUT2D eigenvalue weighted by Crippen LogP contribution is -2.25. The van der Waals surface area contributed by atoms with Gasteiger partial charge in [0.25, 0.3) is 5.91 Å². The topological polar surface area (TPSA) is 114 Å². The van der Waals surface area contributed by atoms with Gasteiger partial charge in [0, 0.05) is 43.9 Å². The zero-order chi connectivity index (χ0) is 23.4. The van der Waals surface area contributed by atoms with Gasteiger partial charge in [0.15, 0.2) is 0 Å². The summed E-state index contributed by atoms with van der Waals surface area (Å²) in [7, 11) is -3.03. The first-order valence-corrected chi connectivity index (χ1v) is 13.1. The van der Waals surface area contributed by atoms with Crippen LogP contribution >= 0.6 is 7.67 Å². The van der Waals surface area contributed by atoms with E-state index in [2.05, 4.69) is 5.32 Å². The fourth-order valence-electron chi connectivity index (χ4n) is 4.29. The smallest absolute Gasteiger partial charge is 0.346 e. The van der Waals surface area contributed by atoms with Crippen LogP contribution in [0.5, 0.6) is 11.5 Å². The van der Waals surface area contributed by atoms with Crippen LogP contribution in [0.1, 0.15) is 46.9 Å². The summed E-state index contributed by atoms with van der Waals surface area (Å²) >= 11 is 0. The molecule has 1 amide bonds. The van der Waals surface area contributed by atoms with E-state index in [4.69, 9.17) is 9.26 Å². The Hall–Kier alpha value is -2.78. The molecule has 0 spiro atoms. The average molecular weight is 484 g/mol. The summed E-state index contributed by atoms with van der Waals surface area (Å²) in [6.45, 7) is 3.04. The normalized spacial score (nSPS) is 21.7. The van der Waals surface area contributed by atoms with E-state index in [1.807, 2.05) is 9.34 Å². The Morgan fingerprint density at radius 3 is 2.32 bits per heavy atom. The number of hydrogen-bond acceptors (Lipinski definition) is 6. The molecule has 2 aliphatic heterocycles. The van der Waals surface area contributed by atoms with E-state index in [1.165, 1.54) is 6.07 Å². The lowest BCUT2D eigenvalue weighted by Gasteiger charge is -2.24. The van der Waals surface area contributed by atoms with Crippen LogP contribution in [0.25, 0.3) is 0 Å². The standard InChI is InChI=1S/C23H25N4O6P/c28-23(24-17-4-5-17)15-1-6-18(7-2-15)32-22-14-19-16(13-20(22)27(29)30)3-8-21(19)33-34(31,25-9-10-25)26-11-12-26/h1-2,6-7,13-14,17,21H,3-5,8-12H2,(H,24,28). The van der Waals surface area contributed by atoms with Crippen LogP contribution in [0.2, 0.25) is 0 Å². The van der Waals surface area contributed by atoms with E-state index in [0.717, 1.165) is 50.1 Å². The molecule has 10 nitrogen and oxygen atoms in total. The van der Waals surface area contributed by atoms with Crippen molar-refractivity contribution in [2.24, 2.45) is 0 Å². The van der Waals surface area contributed by atoms with Gasteiger partial charge in [-0.05, 0) is 67.1 Å². The predicted molar refractivity (Wildman–Crippen MR) is 123 cm³/mol. The Morgan fingerprint density at radius 2 is 1.74 bits per heavy atom. The van der Waals surface area contributed by atoms with Crippen LogP contribution in [0.15, 0.2) is 36.4 Å². The first kappa shape index (κ1) is 21.7. The van der Waals surface area contributed by atoms with E-state index in [0.29, 0.717) is 24.2 Å². The molecule has 1 N–H and O–H groups in total. The molecule has 3 fully saturated rings. The van der Waals surface area contributed by atoms with Crippen molar-refractivity contribution >= 4 is 19.3 Å². The van der Waals surface area contributed by atoms with Crippen molar-refractivity contribution in [3.05, 3.63) is 63.2 Å². The van der Waals surface area contributed by atoms with Gasteiger partial charge in [-0.3, -0.25) is 24.0 Å². The summed E-state index contributed by atoms with van der Waals surface area (Å²) in [5, 5.41) is 14.7. The minimum Gasteiger partial charge on any atom is -0.450 e. The molecule has 34 heavy (non-hydrogen) atoms. The van der Waals surface area contributed by atoms with Crippen molar-refractivity contribution in [1.82, 2.24) is 14.7 Å². The minimum atomic E-state index is -3.03. The third-order valence-electron chi connectivity index (χ3n) is 6.52. The number of carbonyl (C=O) groups excluding carboxylic acids is 1. The van der Waals surface area contributed by atoms with Crippen molar-refractivity contribution < 1.29 is 23.5 Å². The number of benzene rings is 2. The summed E-state index contributed by atoms with van der Waals surface area (Å²) < 4.78 is 29.3. The predicted octanol–water partition coefficient (Wildman–Crippen LogP) is 4.02. The van der Waals surface area contributed by atoms with Gasteiger partial charge in [0.2, 0.25) is 5.75 Å². The maximum Gasteiger partial charge on any atom is 0.346 e. The van der Waals surface area contributed by atoms with Gasteiger partial charge in [-0.1, -0.05) is 0 Å². The van der Waals surface area contributed by atoms with Gasteiger partial charge < -0.3 is 10.1 Å². The number of nitrogens with one attached hydrogen (secondary N) is 1. The van der Waals surface area contributed by atoms with Crippen LogP contribution in [-0.4, -0.2) is 52.4 Å². The number of nitro groups is 1. The van der Waals surface area contributed by atoms with Gasteiger partial charge in [-0.25, -0.2) is 9.34 Å². The molecular weight excluding hydrogens is 459 g/mol. The summed E-state index contributed by atoms with van der Waals surface area (Å²) in [6, 6.07) is 9.98. The third-order valence-corrected chi connectivity index (χ3v) is 9.28. The molecule has 1 saturated carbocycles. The average Bonchev–Trinajstić information content (AvgIpc) is 3.68. The van der Waals surface area contributed by atoms with E-state index < -0.39 is 18.7 Å². The summed E-state index contributed by atoms with van der Waals surface area (Å²) in [6.07, 6.45) is 2.84. The molecule has 4 aliphatic rings. The van der Waals surface area contributed by atoms with E-state index in [9.17, 15) is 19.5 Å². The summed E-state index contributed by atoms with van der Waals surface area (Å²) in [5.74, 6) is 0.350. The summed E-state index contributed by atoms with van der Waals surface area (Å²) in [4.78, 5) is 23.5. The van der Waals surface area contributed by atoms with Crippen LogP contribution in [0.3, 0.4) is 0 Å². The SMILES string of the molecule is O=C(NC1CC1)c1ccc(Oc2cc3c(cc2[N+](=O)[O-])CCC3OP(=O)(N2CC2)N2CC2)cc1. The highest BCUT2D eigenvalue weighted by Gasteiger charge is 2.51. The molecule has 1 unspecified atom stereocenters. The molecule has 2 aromatic rings. The van der Waals surface area contributed by atoms with Crippen LogP contribution < -0.4 is 10.1 Å². The molecule has 178 valence electrons.